The summed E-state index contributed by atoms with van der Waals surface area (Å²) in [5, 5.41) is 2.23. The van der Waals surface area contributed by atoms with E-state index < -0.39 is 23.8 Å². The molecule has 0 radical (unpaired) electrons. The van der Waals surface area contributed by atoms with E-state index in [0.717, 1.165) is 0 Å². The molecule has 2 heterocycles. The predicted octanol–water partition coefficient (Wildman–Crippen LogP) is -0.885. The molecular formula is C11H12N4O4. The zero-order valence-corrected chi connectivity index (χ0v) is 10.4. The Labute approximate surface area is 108 Å². The number of hydrogen-bond donors (Lipinski definition) is 1. The number of piperazine rings is 1. The van der Waals surface area contributed by atoms with Crippen LogP contribution in [0.2, 0.25) is 0 Å². The average molecular weight is 264 g/mol. The Bertz CT molecular complexity index is 528. The van der Waals surface area contributed by atoms with E-state index in [1.54, 1.807) is 6.92 Å². The molecule has 2 amide bonds. The van der Waals surface area contributed by atoms with Gasteiger partial charge in [0.2, 0.25) is 11.8 Å². The molecule has 0 spiro atoms. The Hall–Kier alpha value is -2.51. The standard InChI is InChI=1S/C11H12N4O4/c1-6-10(17)14-9(16)5-15(6)8-4-12-7(3-13-8)11(18)19-2/h3-4,6H,5H2,1-2H3,(H,14,16,17). The van der Waals surface area contributed by atoms with Crippen LogP contribution in [0.4, 0.5) is 5.82 Å². The number of esters is 1. The van der Waals surface area contributed by atoms with Crippen molar-refractivity contribution in [3.63, 3.8) is 0 Å². The van der Waals surface area contributed by atoms with Crippen molar-refractivity contribution in [3.05, 3.63) is 18.1 Å². The van der Waals surface area contributed by atoms with Crippen LogP contribution in [0.25, 0.3) is 0 Å². The fourth-order valence-corrected chi connectivity index (χ4v) is 1.67. The largest absolute Gasteiger partial charge is 0.464 e. The quantitative estimate of drug-likeness (QED) is 0.546. The molecule has 8 nitrogen and oxygen atoms in total. The molecule has 2 rings (SSSR count). The summed E-state index contributed by atoms with van der Waals surface area (Å²) in [6, 6.07) is -0.532. The van der Waals surface area contributed by atoms with E-state index in [-0.39, 0.29) is 12.2 Å². The second-order valence-corrected chi connectivity index (χ2v) is 3.97. The van der Waals surface area contributed by atoms with E-state index in [2.05, 4.69) is 20.0 Å². The summed E-state index contributed by atoms with van der Waals surface area (Å²) in [7, 11) is 1.24. The Morgan fingerprint density at radius 3 is 2.74 bits per heavy atom. The molecule has 1 atom stereocenters. The molecule has 1 N–H and O–H groups in total. The summed E-state index contributed by atoms with van der Waals surface area (Å²) >= 11 is 0. The number of methoxy groups -OCH3 is 1. The van der Waals surface area contributed by atoms with Crippen molar-refractivity contribution in [1.82, 2.24) is 15.3 Å². The van der Waals surface area contributed by atoms with Crippen LogP contribution in [0.3, 0.4) is 0 Å². The first-order chi connectivity index (χ1) is 9.02. The van der Waals surface area contributed by atoms with Gasteiger partial charge in [-0.05, 0) is 6.92 Å². The first-order valence-corrected chi connectivity index (χ1v) is 5.53. The molecule has 1 saturated heterocycles. The topological polar surface area (TPSA) is 101 Å². The maximum atomic E-state index is 11.5. The highest BCUT2D eigenvalue weighted by Crippen LogP contribution is 2.15. The lowest BCUT2D eigenvalue weighted by Crippen LogP contribution is -2.57. The molecule has 100 valence electrons. The highest BCUT2D eigenvalue weighted by atomic mass is 16.5. The first-order valence-electron chi connectivity index (χ1n) is 5.53. The molecule has 1 aliphatic heterocycles. The van der Waals surface area contributed by atoms with Crippen LogP contribution < -0.4 is 10.2 Å². The van der Waals surface area contributed by atoms with E-state index in [9.17, 15) is 14.4 Å². The number of nitrogens with zero attached hydrogens (tertiary/aromatic N) is 3. The van der Waals surface area contributed by atoms with Gasteiger partial charge in [-0.1, -0.05) is 0 Å². The van der Waals surface area contributed by atoms with Gasteiger partial charge in [0.25, 0.3) is 0 Å². The van der Waals surface area contributed by atoms with Gasteiger partial charge in [-0.15, -0.1) is 0 Å². The smallest absolute Gasteiger partial charge is 0.358 e. The fraction of sp³-hybridized carbons (Fsp3) is 0.364. The number of hydrogen-bond acceptors (Lipinski definition) is 7. The van der Waals surface area contributed by atoms with Gasteiger partial charge in [-0.2, -0.15) is 0 Å². The maximum absolute atomic E-state index is 11.5. The van der Waals surface area contributed by atoms with Crippen LogP contribution in [-0.2, 0) is 14.3 Å². The van der Waals surface area contributed by atoms with Crippen LogP contribution in [0.5, 0.6) is 0 Å². The molecule has 1 fully saturated rings. The Morgan fingerprint density at radius 1 is 1.42 bits per heavy atom. The third-order valence-electron chi connectivity index (χ3n) is 2.75. The highest BCUT2D eigenvalue weighted by molar-refractivity contribution is 6.04. The predicted molar refractivity (Wildman–Crippen MR) is 63.3 cm³/mol. The minimum Gasteiger partial charge on any atom is -0.464 e. The number of carbonyl (C=O) groups is 3. The van der Waals surface area contributed by atoms with Crippen molar-refractivity contribution in [2.45, 2.75) is 13.0 Å². The summed E-state index contributed by atoms with van der Waals surface area (Å²) in [6.45, 7) is 1.66. The second-order valence-electron chi connectivity index (χ2n) is 3.97. The maximum Gasteiger partial charge on any atom is 0.358 e. The summed E-state index contributed by atoms with van der Waals surface area (Å²) in [4.78, 5) is 43.5. The van der Waals surface area contributed by atoms with E-state index >= 15 is 0 Å². The van der Waals surface area contributed by atoms with Gasteiger partial charge in [0.1, 0.15) is 11.9 Å². The van der Waals surface area contributed by atoms with Gasteiger partial charge in [0.15, 0.2) is 5.69 Å². The number of imide groups is 1. The third kappa shape index (κ3) is 2.51. The summed E-state index contributed by atoms with van der Waals surface area (Å²) in [5.41, 5.74) is 0.0618. The Balaban J connectivity index is 2.24. The van der Waals surface area contributed by atoms with Gasteiger partial charge in [0.05, 0.1) is 26.0 Å². The zero-order chi connectivity index (χ0) is 14.0. The fourth-order valence-electron chi connectivity index (χ4n) is 1.67. The van der Waals surface area contributed by atoms with Crippen molar-refractivity contribution in [1.29, 1.82) is 0 Å². The van der Waals surface area contributed by atoms with Gasteiger partial charge in [0, 0.05) is 0 Å². The number of aromatic nitrogens is 2. The van der Waals surface area contributed by atoms with Gasteiger partial charge < -0.3 is 9.64 Å². The Kier molecular flexibility index (Phi) is 3.41. The SMILES string of the molecule is COC(=O)c1cnc(N2CC(=O)NC(=O)C2C)cn1. The molecule has 0 saturated carbocycles. The van der Waals surface area contributed by atoms with Crippen LogP contribution in [-0.4, -0.2) is 47.4 Å². The van der Waals surface area contributed by atoms with Gasteiger partial charge in [-0.3, -0.25) is 14.9 Å². The van der Waals surface area contributed by atoms with Crippen LogP contribution in [0, 0.1) is 0 Å². The van der Waals surface area contributed by atoms with Gasteiger partial charge >= 0.3 is 5.97 Å². The number of anilines is 1. The molecule has 1 aromatic heterocycles. The zero-order valence-electron chi connectivity index (χ0n) is 10.4. The van der Waals surface area contributed by atoms with Crippen molar-refractivity contribution in [2.24, 2.45) is 0 Å². The normalized spacial score (nSPS) is 19.1. The molecule has 1 unspecified atom stereocenters. The van der Waals surface area contributed by atoms with Crippen molar-refractivity contribution < 1.29 is 19.1 Å². The number of nitrogens with one attached hydrogen (secondary N) is 1. The van der Waals surface area contributed by atoms with Crippen molar-refractivity contribution >= 4 is 23.6 Å². The van der Waals surface area contributed by atoms with Crippen molar-refractivity contribution in [3.8, 4) is 0 Å². The number of amides is 2. The second kappa shape index (κ2) is 5.01. The van der Waals surface area contributed by atoms with E-state index in [1.807, 2.05) is 0 Å². The summed E-state index contributed by atoms with van der Waals surface area (Å²) < 4.78 is 4.50. The molecule has 0 aromatic carbocycles. The molecule has 0 bridgehead atoms. The lowest BCUT2D eigenvalue weighted by Gasteiger charge is -2.32. The highest BCUT2D eigenvalue weighted by Gasteiger charge is 2.31. The minimum absolute atomic E-state index is 0.0131. The van der Waals surface area contributed by atoms with Crippen LogP contribution >= 0.6 is 0 Å². The number of carbonyl (C=O) groups excluding carboxylic acids is 3. The molecule has 1 aliphatic rings. The van der Waals surface area contributed by atoms with E-state index in [4.69, 9.17) is 0 Å². The summed E-state index contributed by atoms with van der Waals surface area (Å²) in [6.07, 6.45) is 2.57. The lowest BCUT2D eigenvalue weighted by molar-refractivity contribution is -0.132. The molecular weight excluding hydrogens is 252 g/mol. The van der Waals surface area contributed by atoms with Crippen molar-refractivity contribution in [2.75, 3.05) is 18.6 Å². The Morgan fingerprint density at radius 2 is 2.16 bits per heavy atom. The van der Waals surface area contributed by atoms with E-state index in [1.165, 1.54) is 24.4 Å². The molecule has 19 heavy (non-hydrogen) atoms. The van der Waals surface area contributed by atoms with Crippen LogP contribution in [0.1, 0.15) is 17.4 Å². The molecule has 1 aromatic rings. The monoisotopic (exact) mass is 264 g/mol. The van der Waals surface area contributed by atoms with E-state index in [0.29, 0.717) is 5.82 Å². The van der Waals surface area contributed by atoms with Gasteiger partial charge in [-0.25, -0.2) is 14.8 Å². The van der Waals surface area contributed by atoms with Crippen LogP contribution in [0.15, 0.2) is 12.4 Å². The first kappa shape index (κ1) is 12.9. The molecule has 0 aliphatic carbocycles. The number of rotatable bonds is 2. The third-order valence-corrected chi connectivity index (χ3v) is 2.75. The molecule has 8 heteroatoms. The average Bonchev–Trinajstić information content (AvgIpc) is 2.42. The minimum atomic E-state index is -0.598. The number of ether oxygens (including phenoxy) is 1. The summed E-state index contributed by atoms with van der Waals surface area (Å²) in [5.74, 6) is -1.04. The lowest BCUT2D eigenvalue weighted by atomic mass is 10.2.